The average molecular weight is 355 g/mol. The summed E-state index contributed by atoms with van der Waals surface area (Å²) in [6.45, 7) is 5.42. The maximum absolute atomic E-state index is 12.8. The molecule has 1 saturated heterocycles. The fraction of sp³-hybridized carbons (Fsp3) is 0.529. The molecule has 1 heterocycles. The molecule has 1 fully saturated rings. The lowest BCUT2D eigenvalue weighted by Gasteiger charge is -2.35. The van der Waals surface area contributed by atoms with Crippen LogP contribution in [0, 0.1) is 11.8 Å². The van der Waals surface area contributed by atoms with Crippen molar-refractivity contribution in [2.75, 3.05) is 26.8 Å². The van der Waals surface area contributed by atoms with Crippen LogP contribution in [0.4, 0.5) is 0 Å². The zero-order valence-corrected chi connectivity index (χ0v) is 14.9. The molecule has 24 heavy (non-hydrogen) atoms. The minimum atomic E-state index is -0.621. The second-order valence-corrected chi connectivity index (χ2v) is 6.81. The van der Waals surface area contributed by atoms with E-state index in [1.165, 1.54) is 13.2 Å². The third kappa shape index (κ3) is 4.32. The highest BCUT2D eigenvalue weighted by atomic mass is 35.5. The molecule has 0 aliphatic carbocycles. The predicted molar refractivity (Wildman–Crippen MR) is 91.5 cm³/mol. The van der Waals surface area contributed by atoms with Gasteiger partial charge in [-0.3, -0.25) is 9.59 Å². The number of carbonyl (C=O) groups is 2. The second kappa shape index (κ2) is 7.75. The van der Waals surface area contributed by atoms with E-state index >= 15 is 0 Å². The van der Waals surface area contributed by atoms with E-state index in [2.05, 4.69) is 13.8 Å². The van der Waals surface area contributed by atoms with Crippen molar-refractivity contribution in [1.29, 1.82) is 0 Å². The summed E-state index contributed by atoms with van der Waals surface area (Å²) in [5, 5.41) is 0.206. The van der Waals surface area contributed by atoms with E-state index in [1.807, 2.05) is 4.90 Å². The summed E-state index contributed by atoms with van der Waals surface area (Å²) in [6, 6.07) is 3.11. The first kappa shape index (κ1) is 18.4. The van der Waals surface area contributed by atoms with Crippen molar-refractivity contribution in [3.8, 4) is 11.5 Å². The quantitative estimate of drug-likeness (QED) is 0.879. The van der Waals surface area contributed by atoms with Crippen molar-refractivity contribution >= 4 is 23.4 Å². The van der Waals surface area contributed by atoms with Gasteiger partial charge in [0.2, 0.25) is 0 Å². The highest BCUT2D eigenvalue weighted by molar-refractivity contribution is 6.32. The van der Waals surface area contributed by atoms with E-state index in [9.17, 15) is 9.59 Å². The first-order valence-corrected chi connectivity index (χ1v) is 8.27. The van der Waals surface area contributed by atoms with E-state index in [1.54, 1.807) is 6.07 Å². The zero-order chi connectivity index (χ0) is 17.9. The number of ether oxygens (including phenoxy) is 2. The van der Waals surface area contributed by atoms with Crippen LogP contribution in [0.2, 0.25) is 5.02 Å². The number of hydrogen-bond donors (Lipinski definition) is 1. The Bertz CT molecular complexity index is 625. The molecule has 1 aromatic rings. The van der Waals surface area contributed by atoms with Gasteiger partial charge >= 0.3 is 0 Å². The SMILES string of the molecule is COc1cc(C(=O)N2CC(C)CC(C)C2)cc(Cl)c1OCC(N)=O. The van der Waals surface area contributed by atoms with Crippen LogP contribution in [0.25, 0.3) is 0 Å². The number of rotatable bonds is 5. The van der Waals surface area contributed by atoms with Gasteiger partial charge in [0.1, 0.15) is 0 Å². The van der Waals surface area contributed by atoms with Gasteiger partial charge < -0.3 is 20.1 Å². The normalized spacial score (nSPS) is 20.6. The molecule has 1 aliphatic rings. The van der Waals surface area contributed by atoms with Crippen molar-refractivity contribution in [2.45, 2.75) is 20.3 Å². The van der Waals surface area contributed by atoms with Crippen LogP contribution >= 0.6 is 11.6 Å². The summed E-state index contributed by atoms with van der Waals surface area (Å²) < 4.78 is 10.5. The second-order valence-electron chi connectivity index (χ2n) is 6.40. The van der Waals surface area contributed by atoms with Crippen molar-refractivity contribution in [1.82, 2.24) is 4.90 Å². The molecule has 0 aromatic heterocycles. The maximum atomic E-state index is 12.8. The average Bonchev–Trinajstić information content (AvgIpc) is 2.51. The smallest absolute Gasteiger partial charge is 0.255 e. The zero-order valence-electron chi connectivity index (χ0n) is 14.2. The van der Waals surface area contributed by atoms with Crippen LogP contribution in [0.15, 0.2) is 12.1 Å². The molecule has 2 N–H and O–H groups in total. The highest BCUT2D eigenvalue weighted by Crippen LogP contribution is 2.37. The minimum Gasteiger partial charge on any atom is -0.493 e. The molecule has 0 bridgehead atoms. The fourth-order valence-electron chi connectivity index (χ4n) is 3.14. The third-order valence-corrected chi connectivity index (χ3v) is 4.27. The van der Waals surface area contributed by atoms with Gasteiger partial charge in [-0.15, -0.1) is 0 Å². The monoisotopic (exact) mass is 354 g/mol. The van der Waals surface area contributed by atoms with E-state index < -0.39 is 5.91 Å². The Kier molecular flexibility index (Phi) is 5.94. The number of methoxy groups -OCH3 is 1. The van der Waals surface area contributed by atoms with Gasteiger partial charge in [-0.25, -0.2) is 0 Å². The van der Waals surface area contributed by atoms with Crippen molar-refractivity contribution in [3.05, 3.63) is 22.7 Å². The summed E-state index contributed by atoms with van der Waals surface area (Å²) in [5.41, 5.74) is 5.51. The third-order valence-electron chi connectivity index (χ3n) is 3.99. The molecule has 1 aliphatic heterocycles. The Morgan fingerprint density at radius 3 is 2.46 bits per heavy atom. The Morgan fingerprint density at radius 2 is 1.92 bits per heavy atom. The van der Waals surface area contributed by atoms with Gasteiger partial charge in [-0.2, -0.15) is 0 Å². The molecule has 132 valence electrons. The maximum Gasteiger partial charge on any atom is 0.255 e. The largest absolute Gasteiger partial charge is 0.493 e. The Labute approximate surface area is 146 Å². The molecule has 0 spiro atoms. The number of nitrogens with two attached hydrogens (primary N) is 1. The Balaban J connectivity index is 2.25. The number of likely N-dealkylation sites (tertiary alicyclic amines) is 1. The van der Waals surface area contributed by atoms with Crippen molar-refractivity contribution < 1.29 is 19.1 Å². The van der Waals surface area contributed by atoms with Gasteiger partial charge in [0.05, 0.1) is 12.1 Å². The summed E-state index contributed by atoms with van der Waals surface area (Å²) in [7, 11) is 1.45. The van der Waals surface area contributed by atoms with Gasteiger partial charge in [0.15, 0.2) is 18.1 Å². The van der Waals surface area contributed by atoms with Crippen LogP contribution in [0.5, 0.6) is 11.5 Å². The van der Waals surface area contributed by atoms with Crippen molar-refractivity contribution in [2.24, 2.45) is 17.6 Å². The summed E-state index contributed by atoms with van der Waals surface area (Å²) >= 11 is 6.21. The van der Waals surface area contributed by atoms with Crippen LogP contribution in [0.1, 0.15) is 30.6 Å². The number of halogens is 1. The molecule has 2 amide bonds. The number of benzene rings is 1. The Morgan fingerprint density at radius 1 is 1.29 bits per heavy atom. The van der Waals surface area contributed by atoms with Crippen LogP contribution in [0.3, 0.4) is 0 Å². The molecule has 2 rings (SSSR count). The molecular formula is C17H23ClN2O4. The first-order valence-electron chi connectivity index (χ1n) is 7.89. The lowest BCUT2D eigenvalue weighted by atomic mass is 9.91. The van der Waals surface area contributed by atoms with E-state index in [4.69, 9.17) is 26.8 Å². The lowest BCUT2D eigenvalue weighted by molar-refractivity contribution is -0.119. The number of carbonyl (C=O) groups excluding carboxylic acids is 2. The molecule has 2 atom stereocenters. The number of primary amides is 1. The topological polar surface area (TPSA) is 81.9 Å². The van der Waals surface area contributed by atoms with Crippen LogP contribution in [-0.2, 0) is 4.79 Å². The van der Waals surface area contributed by atoms with Crippen molar-refractivity contribution in [3.63, 3.8) is 0 Å². The first-order chi connectivity index (χ1) is 11.3. The molecule has 1 aromatic carbocycles. The van der Waals surface area contributed by atoms with Gasteiger partial charge in [-0.05, 0) is 30.4 Å². The van der Waals surface area contributed by atoms with Gasteiger partial charge in [-0.1, -0.05) is 25.4 Å². The van der Waals surface area contributed by atoms with E-state index in [0.29, 0.717) is 23.1 Å². The standard InChI is InChI=1S/C17H23ClN2O4/c1-10-4-11(2)8-20(7-10)17(22)12-5-13(18)16(14(6-12)23-3)24-9-15(19)21/h5-6,10-11H,4,7-9H2,1-3H3,(H2,19,21). The predicted octanol–water partition coefficient (Wildman–Crippen LogP) is 2.33. The summed E-state index contributed by atoms with van der Waals surface area (Å²) in [6.07, 6.45) is 1.12. The van der Waals surface area contributed by atoms with Gasteiger partial charge in [0, 0.05) is 18.7 Å². The molecule has 2 unspecified atom stereocenters. The van der Waals surface area contributed by atoms with E-state index in [-0.39, 0.29) is 23.3 Å². The fourth-order valence-corrected chi connectivity index (χ4v) is 3.40. The summed E-state index contributed by atoms with van der Waals surface area (Å²) in [5.74, 6) is 0.723. The molecule has 7 heteroatoms. The Hall–Kier alpha value is -1.95. The number of hydrogen-bond acceptors (Lipinski definition) is 4. The van der Waals surface area contributed by atoms with E-state index in [0.717, 1.165) is 19.5 Å². The number of amides is 2. The van der Waals surface area contributed by atoms with Gasteiger partial charge in [0.25, 0.3) is 11.8 Å². The lowest BCUT2D eigenvalue weighted by Crippen LogP contribution is -2.42. The minimum absolute atomic E-state index is 0.0879. The highest BCUT2D eigenvalue weighted by Gasteiger charge is 2.27. The molecular weight excluding hydrogens is 332 g/mol. The number of piperidine rings is 1. The summed E-state index contributed by atoms with van der Waals surface area (Å²) in [4.78, 5) is 25.5. The molecule has 0 saturated carbocycles. The number of nitrogens with zero attached hydrogens (tertiary/aromatic N) is 1. The van der Waals surface area contributed by atoms with Crippen LogP contribution < -0.4 is 15.2 Å². The molecule has 6 nitrogen and oxygen atoms in total. The van der Waals surface area contributed by atoms with Crippen LogP contribution in [-0.4, -0.2) is 43.5 Å². The molecule has 0 radical (unpaired) electrons.